The lowest BCUT2D eigenvalue weighted by molar-refractivity contribution is -0.384. The molecule has 0 spiro atoms. The number of Topliss-reactive ketones (excluding diaryl/α,β-unsaturated/α-hetero) is 1. The highest BCUT2D eigenvalue weighted by atomic mass is 16.6. The number of nitrogens with zero attached hydrogens (tertiary/aromatic N) is 4. The topological polar surface area (TPSA) is 109 Å². The van der Waals surface area contributed by atoms with Crippen molar-refractivity contribution in [2.75, 3.05) is 13.7 Å². The maximum Gasteiger partial charge on any atom is 0.270 e. The fourth-order valence-corrected chi connectivity index (χ4v) is 3.67. The molecule has 2 aromatic heterocycles. The largest absolute Gasteiger partial charge is 0.383 e. The van der Waals surface area contributed by atoms with Crippen molar-refractivity contribution >= 4 is 22.4 Å². The second kappa shape index (κ2) is 7.96. The van der Waals surface area contributed by atoms with E-state index >= 15 is 0 Å². The zero-order chi connectivity index (χ0) is 21.3. The monoisotopic (exact) mass is 398 g/mol. The van der Waals surface area contributed by atoms with Gasteiger partial charge in [0.05, 0.1) is 41.3 Å². The van der Waals surface area contributed by atoms with E-state index in [-0.39, 0.29) is 29.4 Å². The van der Waals surface area contributed by atoms with Crippen LogP contribution >= 0.6 is 0 Å². The number of rotatable bonds is 7. The van der Waals surface area contributed by atoms with Crippen LogP contribution in [-0.4, -0.2) is 38.5 Å². The third kappa shape index (κ3) is 3.81. The second-order valence-corrected chi connectivity index (χ2v) is 7.02. The van der Waals surface area contributed by atoms with Gasteiger partial charge in [0.15, 0.2) is 5.78 Å². The van der Waals surface area contributed by atoms with E-state index < -0.39 is 10.5 Å². The number of aryl methyl sites for hydroxylation is 1. The van der Waals surface area contributed by atoms with Gasteiger partial charge >= 0.3 is 0 Å². The molecule has 9 heteroatoms. The van der Waals surface area contributed by atoms with Crippen molar-refractivity contribution in [3.8, 4) is 0 Å². The highest BCUT2D eigenvalue weighted by Crippen LogP contribution is 2.22. The lowest BCUT2D eigenvalue weighted by atomic mass is 10.1. The SMILES string of the molecule is COC[C@H](C)n1c(C)cc(C(=O)Cn2cnc3ccc([N+](=O)[O-])cc3c2=O)c1C. The first kappa shape index (κ1) is 20.4. The van der Waals surface area contributed by atoms with Gasteiger partial charge in [-0.05, 0) is 32.9 Å². The molecule has 0 amide bonds. The molecule has 1 atom stereocenters. The van der Waals surface area contributed by atoms with Crippen LogP contribution in [0.2, 0.25) is 0 Å². The lowest BCUT2D eigenvalue weighted by Crippen LogP contribution is -2.25. The molecule has 0 saturated heterocycles. The molecule has 2 heterocycles. The number of benzene rings is 1. The molecule has 29 heavy (non-hydrogen) atoms. The molecule has 0 aliphatic heterocycles. The molecule has 0 N–H and O–H groups in total. The van der Waals surface area contributed by atoms with E-state index in [0.29, 0.717) is 17.7 Å². The zero-order valence-corrected chi connectivity index (χ0v) is 16.7. The Hall–Kier alpha value is -3.33. The van der Waals surface area contributed by atoms with Crippen LogP contribution in [0, 0.1) is 24.0 Å². The Morgan fingerprint density at radius 2 is 2.03 bits per heavy atom. The fourth-order valence-electron chi connectivity index (χ4n) is 3.67. The van der Waals surface area contributed by atoms with E-state index in [1.54, 1.807) is 13.2 Å². The number of aromatic nitrogens is 3. The van der Waals surface area contributed by atoms with E-state index in [2.05, 4.69) is 4.98 Å². The molecule has 1 aromatic carbocycles. The summed E-state index contributed by atoms with van der Waals surface area (Å²) in [6.45, 7) is 6.09. The number of methoxy groups -OCH3 is 1. The quantitative estimate of drug-likeness (QED) is 0.344. The number of nitro groups is 1. The molecule has 0 radical (unpaired) electrons. The van der Waals surface area contributed by atoms with Crippen LogP contribution in [0.3, 0.4) is 0 Å². The molecular formula is C20H22N4O5. The van der Waals surface area contributed by atoms with Crippen molar-refractivity contribution in [3.63, 3.8) is 0 Å². The predicted octanol–water partition coefficient (Wildman–Crippen LogP) is 2.81. The maximum absolute atomic E-state index is 12.9. The van der Waals surface area contributed by atoms with E-state index in [0.717, 1.165) is 11.4 Å². The first-order valence-electron chi connectivity index (χ1n) is 9.08. The summed E-state index contributed by atoms with van der Waals surface area (Å²) in [4.78, 5) is 40.2. The highest BCUT2D eigenvalue weighted by Gasteiger charge is 2.20. The van der Waals surface area contributed by atoms with Gasteiger partial charge in [0, 0.05) is 36.2 Å². The van der Waals surface area contributed by atoms with E-state index in [9.17, 15) is 19.7 Å². The minimum absolute atomic E-state index is 0.0622. The number of carbonyl (C=O) groups excluding carboxylic acids is 1. The Kier molecular flexibility index (Phi) is 5.60. The molecule has 3 rings (SSSR count). The third-order valence-electron chi connectivity index (χ3n) is 4.97. The Morgan fingerprint density at radius 3 is 2.69 bits per heavy atom. The van der Waals surface area contributed by atoms with Crippen molar-refractivity contribution in [2.45, 2.75) is 33.4 Å². The standard InChI is InChI=1S/C20H22N4O5/c1-12-7-16(14(3)23(12)13(2)10-29-4)19(25)9-22-11-21-18-6-5-15(24(27)28)8-17(18)20(22)26/h5-8,11,13H,9-10H2,1-4H3/t13-/m0/s1. The summed E-state index contributed by atoms with van der Waals surface area (Å²) in [7, 11) is 1.63. The molecule has 0 aliphatic carbocycles. The molecule has 0 saturated carbocycles. The van der Waals surface area contributed by atoms with Gasteiger partial charge in [-0.2, -0.15) is 0 Å². The van der Waals surface area contributed by atoms with E-state index in [4.69, 9.17) is 4.74 Å². The van der Waals surface area contributed by atoms with Crippen molar-refractivity contribution in [2.24, 2.45) is 0 Å². The van der Waals surface area contributed by atoms with Gasteiger partial charge in [-0.15, -0.1) is 0 Å². The number of hydrogen-bond acceptors (Lipinski definition) is 6. The maximum atomic E-state index is 12.9. The van der Waals surface area contributed by atoms with E-state index in [1.807, 2.05) is 25.3 Å². The minimum Gasteiger partial charge on any atom is -0.383 e. The zero-order valence-electron chi connectivity index (χ0n) is 16.7. The average molecular weight is 398 g/mol. The number of non-ortho nitro benzene ring substituents is 1. The average Bonchev–Trinajstić information content (AvgIpc) is 2.98. The Balaban J connectivity index is 1.96. The van der Waals surface area contributed by atoms with Crippen LogP contribution in [0.5, 0.6) is 0 Å². The molecule has 9 nitrogen and oxygen atoms in total. The second-order valence-electron chi connectivity index (χ2n) is 7.02. The lowest BCUT2D eigenvalue weighted by Gasteiger charge is -2.17. The van der Waals surface area contributed by atoms with Gasteiger partial charge in [-0.3, -0.25) is 24.3 Å². The van der Waals surface area contributed by atoms with Gasteiger partial charge in [0.25, 0.3) is 11.2 Å². The van der Waals surface area contributed by atoms with Crippen LogP contribution in [0.25, 0.3) is 10.9 Å². The summed E-state index contributed by atoms with van der Waals surface area (Å²) < 4.78 is 8.42. The normalized spacial score (nSPS) is 12.3. The molecule has 0 fully saturated rings. The van der Waals surface area contributed by atoms with Crippen LogP contribution in [-0.2, 0) is 11.3 Å². The molecule has 152 valence electrons. The highest BCUT2D eigenvalue weighted by molar-refractivity contribution is 5.97. The van der Waals surface area contributed by atoms with Crippen molar-refractivity contribution in [1.29, 1.82) is 0 Å². The van der Waals surface area contributed by atoms with Crippen LogP contribution in [0.4, 0.5) is 5.69 Å². The Bertz CT molecular complexity index is 1160. The number of ketones is 1. The summed E-state index contributed by atoms with van der Waals surface area (Å²) in [5, 5.41) is 11.1. The Morgan fingerprint density at radius 1 is 1.31 bits per heavy atom. The van der Waals surface area contributed by atoms with Crippen molar-refractivity contribution in [3.05, 3.63) is 68.0 Å². The number of nitro benzene ring substituents is 1. The van der Waals surface area contributed by atoms with Crippen LogP contribution in [0.1, 0.15) is 34.7 Å². The smallest absolute Gasteiger partial charge is 0.270 e. The first-order valence-corrected chi connectivity index (χ1v) is 9.08. The Labute approximate surface area is 166 Å². The summed E-state index contributed by atoms with van der Waals surface area (Å²) in [6, 6.07) is 5.76. The number of hydrogen-bond donors (Lipinski definition) is 0. The van der Waals surface area contributed by atoms with Gasteiger partial charge in [0.1, 0.15) is 0 Å². The number of fused-ring (bicyclic) bond motifs is 1. The first-order chi connectivity index (χ1) is 13.7. The number of carbonyl (C=O) groups is 1. The molecule has 0 bridgehead atoms. The van der Waals surface area contributed by atoms with Crippen LogP contribution < -0.4 is 5.56 Å². The molecule has 3 aromatic rings. The van der Waals surface area contributed by atoms with Gasteiger partial charge < -0.3 is 9.30 Å². The molecular weight excluding hydrogens is 376 g/mol. The predicted molar refractivity (Wildman–Crippen MR) is 107 cm³/mol. The number of ether oxygens (including phenoxy) is 1. The van der Waals surface area contributed by atoms with Crippen molar-refractivity contribution in [1.82, 2.24) is 14.1 Å². The molecule has 0 unspecified atom stereocenters. The summed E-state index contributed by atoms with van der Waals surface area (Å²) in [6.07, 6.45) is 1.29. The molecule has 0 aliphatic rings. The van der Waals surface area contributed by atoms with E-state index in [1.165, 1.54) is 29.1 Å². The van der Waals surface area contributed by atoms with Crippen LogP contribution in [0.15, 0.2) is 35.4 Å². The third-order valence-corrected chi connectivity index (χ3v) is 4.97. The summed E-state index contributed by atoms with van der Waals surface area (Å²) in [5.41, 5.74) is 1.90. The van der Waals surface area contributed by atoms with Gasteiger partial charge in [0.2, 0.25) is 0 Å². The van der Waals surface area contributed by atoms with Gasteiger partial charge in [-0.25, -0.2) is 4.98 Å². The summed E-state index contributed by atoms with van der Waals surface area (Å²) >= 11 is 0. The minimum atomic E-state index is -0.572. The fraction of sp³-hybridized carbons (Fsp3) is 0.350. The van der Waals surface area contributed by atoms with Crippen molar-refractivity contribution < 1.29 is 14.5 Å². The summed E-state index contributed by atoms with van der Waals surface area (Å²) in [5.74, 6) is -0.234. The van der Waals surface area contributed by atoms with Gasteiger partial charge in [-0.1, -0.05) is 0 Å².